The first-order valence-corrected chi connectivity index (χ1v) is 5.91. The largest absolute Gasteiger partial charge is 0.352 e. The van der Waals surface area contributed by atoms with Crippen molar-refractivity contribution in [2.45, 2.75) is 18.9 Å². The zero-order valence-corrected chi connectivity index (χ0v) is 9.28. The zero-order chi connectivity index (χ0) is 11.4. The van der Waals surface area contributed by atoms with E-state index in [-0.39, 0.29) is 5.92 Å². The van der Waals surface area contributed by atoms with Gasteiger partial charge in [0.05, 0.1) is 6.20 Å². The Balaban J connectivity index is 1.73. The maximum absolute atomic E-state index is 11.5. The van der Waals surface area contributed by atoms with E-state index in [0.29, 0.717) is 18.2 Å². The minimum atomic E-state index is 0.239. The molecule has 0 N–H and O–H groups in total. The van der Waals surface area contributed by atoms with E-state index in [1.54, 1.807) is 10.7 Å². The molecular weight excluding hydrogens is 216 g/mol. The summed E-state index contributed by atoms with van der Waals surface area (Å²) in [5, 5.41) is 4.13. The minimum absolute atomic E-state index is 0.239. The van der Waals surface area contributed by atoms with E-state index in [1.165, 1.54) is 0 Å². The third-order valence-corrected chi connectivity index (χ3v) is 3.84. The topological polar surface area (TPSA) is 50.5 Å². The maximum Gasteiger partial charge on any atom is 0.157 e. The highest BCUT2D eigenvalue weighted by Gasteiger charge is 2.44. The molecule has 17 heavy (non-hydrogen) atoms. The van der Waals surface area contributed by atoms with Gasteiger partial charge >= 0.3 is 0 Å². The number of hydrogen-bond donors (Lipinski definition) is 0. The predicted octanol–water partition coefficient (Wildman–Crippen LogP) is 0.897. The lowest BCUT2D eigenvalue weighted by molar-refractivity contribution is -0.120. The molecule has 1 aliphatic carbocycles. The van der Waals surface area contributed by atoms with Crippen molar-refractivity contribution in [1.29, 1.82) is 0 Å². The van der Waals surface area contributed by atoms with Crippen molar-refractivity contribution < 1.29 is 4.79 Å². The van der Waals surface area contributed by atoms with E-state index in [1.807, 2.05) is 18.3 Å². The average Bonchev–Trinajstić information content (AvgIpc) is 3.00. The summed E-state index contributed by atoms with van der Waals surface area (Å²) in [6.07, 6.45) is 5.36. The third kappa shape index (κ3) is 1.22. The van der Waals surface area contributed by atoms with Crippen molar-refractivity contribution >= 4 is 17.2 Å². The molecule has 0 aromatic carbocycles. The molecule has 1 aliphatic heterocycles. The number of anilines is 1. The first-order chi connectivity index (χ1) is 8.31. The number of nitrogens with zero attached hydrogens (tertiary/aromatic N) is 4. The van der Waals surface area contributed by atoms with Crippen LogP contribution >= 0.6 is 0 Å². The molecule has 0 spiro atoms. The summed E-state index contributed by atoms with van der Waals surface area (Å²) < 4.78 is 1.75. The Hall–Kier alpha value is -1.91. The van der Waals surface area contributed by atoms with Gasteiger partial charge in [-0.2, -0.15) is 5.10 Å². The Kier molecular flexibility index (Phi) is 1.65. The maximum atomic E-state index is 11.5. The predicted molar refractivity (Wildman–Crippen MR) is 61.9 cm³/mol. The van der Waals surface area contributed by atoms with Crippen molar-refractivity contribution in [3.63, 3.8) is 0 Å². The summed E-state index contributed by atoms with van der Waals surface area (Å²) in [6, 6.07) is 4.24. The van der Waals surface area contributed by atoms with Crippen LogP contribution < -0.4 is 4.90 Å². The second-order valence-corrected chi connectivity index (χ2v) is 4.83. The summed E-state index contributed by atoms with van der Waals surface area (Å²) >= 11 is 0. The third-order valence-electron chi connectivity index (χ3n) is 3.84. The van der Waals surface area contributed by atoms with Crippen molar-refractivity contribution in [3.8, 4) is 0 Å². The molecule has 2 aromatic rings. The number of ketones is 1. The summed E-state index contributed by atoms with van der Waals surface area (Å²) in [5.41, 5.74) is 0.858. The highest BCUT2D eigenvalue weighted by molar-refractivity contribution is 5.87. The fourth-order valence-corrected chi connectivity index (χ4v) is 2.99. The van der Waals surface area contributed by atoms with Gasteiger partial charge in [-0.05, 0) is 12.5 Å². The second kappa shape index (κ2) is 3.06. The number of carbonyl (C=O) groups is 1. The van der Waals surface area contributed by atoms with Crippen molar-refractivity contribution in [2.24, 2.45) is 5.92 Å². The highest BCUT2D eigenvalue weighted by atomic mass is 16.1. The smallest absolute Gasteiger partial charge is 0.157 e. The van der Waals surface area contributed by atoms with E-state index >= 15 is 0 Å². The van der Waals surface area contributed by atoms with Gasteiger partial charge in [-0.25, -0.2) is 9.50 Å². The van der Waals surface area contributed by atoms with Crippen LogP contribution in [-0.2, 0) is 4.79 Å². The number of piperidine rings is 1. The van der Waals surface area contributed by atoms with E-state index < -0.39 is 0 Å². The molecule has 2 fully saturated rings. The van der Waals surface area contributed by atoms with Crippen LogP contribution in [0.4, 0.5) is 5.82 Å². The van der Waals surface area contributed by atoms with E-state index in [4.69, 9.17) is 0 Å². The van der Waals surface area contributed by atoms with Crippen LogP contribution in [0.3, 0.4) is 0 Å². The number of hydrogen-bond acceptors (Lipinski definition) is 4. The first kappa shape index (κ1) is 9.15. The fourth-order valence-electron chi connectivity index (χ4n) is 2.99. The lowest BCUT2D eigenvalue weighted by atomic mass is 10.1. The molecule has 1 saturated heterocycles. The van der Waals surface area contributed by atoms with Crippen LogP contribution in [-0.4, -0.2) is 33.0 Å². The van der Waals surface area contributed by atoms with Crippen LogP contribution in [0, 0.1) is 5.92 Å². The molecule has 4 rings (SSSR count). The molecule has 2 aromatic heterocycles. The lowest BCUT2D eigenvalue weighted by Gasteiger charge is -2.27. The Morgan fingerprint density at radius 2 is 2.29 bits per heavy atom. The van der Waals surface area contributed by atoms with Gasteiger partial charge in [0.25, 0.3) is 0 Å². The zero-order valence-electron chi connectivity index (χ0n) is 9.28. The normalized spacial score (nSPS) is 27.3. The number of fused-ring (bicyclic) bond motifs is 3. The molecule has 0 unspecified atom stereocenters. The molecule has 5 nitrogen and oxygen atoms in total. The quantitative estimate of drug-likeness (QED) is 0.727. The molecule has 1 saturated carbocycles. The number of carbonyl (C=O) groups excluding carboxylic acids is 1. The molecule has 5 heteroatoms. The van der Waals surface area contributed by atoms with Gasteiger partial charge in [-0.3, -0.25) is 4.79 Å². The van der Waals surface area contributed by atoms with Gasteiger partial charge in [-0.1, -0.05) is 0 Å². The summed E-state index contributed by atoms with van der Waals surface area (Å²) in [4.78, 5) is 18.4. The molecular formula is C12H12N4O. The van der Waals surface area contributed by atoms with Crippen LogP contribution in [0.25, 0.3) is 5.65 Å². The molecule has 86 valence electrons. The lowest BCUT2D eigenvalue weighted by Crippen LogP contribution is -2.36. The number of aromatic nitrogens is 3. The summed E-state index contributed by atoms with van der Waals surface area (Å²) in [6.45, 7) is 0.834. The van der Waals surface area contributed by atoms with Gasteiger partial charge in [0.15, 0.2) is 5.65 Å². The minimum Gasteiger partial charge on any atom is -0.352 e. The molecule has 3 heterocycles. The SMILES string of the molecule is O=C1C[C@H]2C[C@@H]1CN2c1ccn2nccc2n1. The van der Waals surface area contributed by atoms with E-state index in [9.17, 15) is 4.79 Å². The molecule has 2 atom stereocenters. The van der Waals surface area contributed by atoms with Gasteiger partial charge in [0.2, 0.25) is 0 Å². The van der Waals surface area contributed by atoms with Gasteiger partial charge < -0.3 is 4.90 Å². The monoisotopic (exact) mass is 228 g/mol. The standard InChI is InChI=1S/C12H12N4O/c17-10-6-9-5-8(10)7-15(9)11-2-4-16-12(14-11)1-3-13-16/h1-4,8-9H,5-7H2/t8-,9-/m1/s1. The number of Topliss-reactive ketones (excluding diaryl/α,β-unsaturated/α-hetero) is 1. The van der Waals surface area contributed by atoms with Crippen molar-refractivity contribution in [2.75, 3.05) is 11.4 Å². The Labute approximate surface area is 98.1 Å². The Bertz CT molecular complexity index is 605. The van der Waals surface area contributed by atoms with Crippen LogP contribution in [0.2, 0.25) is 0 Å². The van der Waals surface area contributed by atoms with E-state index in [2.05, 4.69) is 15.0 Å². The van der Waals surface area contributed by atoms with Crippen molar-refractivity contribution in [1.82, 2.24) is 14.6 Å². The molecule has 0 amide bonds. The summed E-state index contributed by atoms with van der Waals surface area (Å²) in [7, 11) is 0. The Morgan fingerprint density at radius 1 is 1.35 bits per heavy atom. The van der Waals surface area contributed by atoms with Crippen LogP contribution in [0.1, 0.15) is 12.8 Å². The van der Waals surface area contributed by atoms with Crippen LogP contribution in [0.15, 0.2) is 24.5 Å². The molecule has 2 bridgehead atoms. The van der Waals surface area contributed by atoms with Gasteiger partial charge in [0.1, 0.15) is 11.6 Å². The van der Waals surface area contributed by atoms with Crippen molar-refractivity contribution in [3.05, 3.63) is 24.5 Å². The fraction of sp³-hybridized carbons (Fsp3) is 0.417. The summed E-state index contributed by atoms with van der Waals surface area (Å²) in [5.74, 6) is 1.64. The van der Waals surface area contributed by atoms with E-state index in [0.717, 1.165) is 24.4 Å². The highest BCUT2D eigenvalue weighted by Crippen LogP contribution is 2.37. The Morgan fingerprint density at radius 3 is 3.06 bits per heavy atom. The number of rotatable bonds is 1. The second-order valence-electron chi connectivity index (χ2n) is 4.83. The first-order valence-electron chi connectivity index (χ1n) is 5.91. The van der Waals surface area contributed by atoms with Crippen LogP contribution in [0.5, 0.6) is 0 Å². The average molecular weight is 228 g/mol. The van der Waals surface area contributed by atoms with Gasteiger partial charge in [0, 0.05) is 37.2 Å². The van der Waals surface area contributed by atoms with Gasteiger partial charge in [-0.15, -0.1) is 0 Å². The molecule has 2 aliphatic rings. The molecule has 0 radical (unpaired) electrons.